The molecule has 2 aromatic carbocycles. The lowest BCUT2D eigenvalue weighted by Gasteiger charge is -2.24. The fourth-order valence-electron chi connectivity index (χ4n) is 6.29. The minimum Gasteiger partial charge on any atom is -0.386 e. The number of hydrogen-bond donors (Lipinski definition) is 2. The van der Waals surface area contributed by atoms with Crippen LogP contribution in [-0.4, -0.2) is 27.7 Å². The van der Waals surface area contributed by atoms with Crippen molar-refractivity contribution in [3.05, 3.63) is 106 Å². The van der Waals surface area contributed by atoms with Crippen LogP contribution >= 0.6 is 0 Å². The number of benzene rings is 2. The zero-order valence-electron chi connectivity index (χ0n) is 24.3. The summed E-state index contributed by atoms with van der Waals surface area (Å²) in [6.07, 6.45) is -1.78. The SMILES string of the molecule is C=Cc1nc(C(Cc2cc(F)cc(F)c2)NC(=O)Cn2nc(C(F)F)c3c2C(F)(F)C2CC32)c(-c2cccc(C#N)c2)cc1NC. The molecule has 2 heterocycles. The maximum absolute atomic E-state index is 15.2. The fraction of sp³-hybridized carbons (Fsp3) is 0.273. The number of nitrogens with one attached hydrogen (secondary N) is 2. The van der Waals surface area contributed by atoms with Gasteiger partial charge in [0, 0.05) is 30.2 Å². The summed E-state index contributed by atoms with van der Waals surface area (Å²) >= 11 is 0. The number of anilines is 1. The van der Waals surface area contributed by atoms with Gasteiger partial charge in [-0.05, 0) is 66.3 Å². The third kappa shape index (κ3) is 5.48. The molecule has 0 radical (unpaired) electrons. The third-order valence-corrected chi connectivity index (χ3v) is 8.33. The Balaban J connectivity index is 1.44. The molecular weight excluding hydrogens is 610 g/mol. The molecule has 0 saturated heterocycles. The Kier molecular flexibility index (Phi) is 7.83. The lowest BCUT2D eigenvalue weighted by atomic mass is 9.93. The van der Waals surface area contributed by atoms with E-state index in [1.54, 1.807) is 37.4 Å². The van der Waals surface area contributed by atoms with Gasteiger partial charge in [-0.3, -0.25) is 9.48 Å². The second-order valence-electron chi connectivity index (χ2n) is 11.3. The largest absolute Gasteiger partial charge is 0.386 e. The first kappa shape index (κ1) is 30.9. The van der Waals surface area contributed by atoms with Gasteiger partial charge in [0.15, 0.2) is 0 Å². The van der Waals surface area contributed by atoms with Gasteiger partial charge in [0.25, 0.3) is 12.3 Å². The molecule has 1 fully saturated rings. The summed E-state index contributed by atoms with van der Waals surface area (Å²) in [6.45, 7) is 2.97. The van der Waals surface area contributed by atoms with E-state index in [9.17, 15) is 27.6 Å². The van der Waals surface area contributed by atoms with E-state index < -0.39 is 65.7 Å². The molecule has 3 atom stereocenters. The topological polar surface area (TPSA) is 95.6 Å². The Morgan fingerprint density at radius 2 is 1.91 bits per heavy atom. The monoisotopic (exact) mass is 636 g/mol. The molecule has 4 aromatic rings. The molecule has 236 valence electrons. The molecule has 46 heavy (non-hydrogen) atoms. The van der Waals surface area contributed by atoms with Gasteiger partial charge in [-0.15, -0.1) is 0 Å². The highest BCUT2D eigenvalue weighted by molar-refractivity contribution is 5.79. The van der Waals surface area contributed by atoms with Gasteiger partial charge < -0.3 is 10.6 Å². The Bertz CT molecular complexity index is 1890. The second-order valence-corrected chi connectivity index (χ2v) is 11.3. The molecule has 3 unspecified atom stereocenters. The van der Waals surface area contributed by atoms with E-state index >= 15 is 8.78 Å². The zero-order valence-corrected chi connectivity index (χ0v) is 24.3. The lowest BCUT2D eigenvalue weighted by molar-refractivity contribution is -0.123. The van der Waals surface area contributed by atoms with E-state index in [1.807, 2.05) is 0 Å². The molecule has 1 amide bonds. The van der Waals surface area contributed by atoms with E-state index in [-0.39, 0.29) is 29.7 Å². The zero-order chi connectivity index (χ0) is 32.9. The summed E-state index contributed by atoms with van der Waals surface area (Å²) in [5.74, 6) is -7.87. The van der Waals surface area contributed by atoms with Gasteiger partial charge in [0.1, 0.15) is 29.6 Å². The van der Waals surface area contributed by atoms with Crippen LogP contribution in [0.3, 0.4) is 0 Å². The van der Waals surface area contributed by atoms with Crippen LogP contribution < -0.4 is 10.6 Å². The number of halogens is 6. The molecule has 2 aliphatic carbocycles. The molecule has 0 spiro atoms. The summed E-state index contributed by atoms with van der Waals surface area (Å²) in [5.41, 5.74) is 0.919. The van der Waals surface area contributed by atoms with E-state index in [0.29, 0.717) is 38.8 Å². The first-order chi connectivity index (χ1) is 21.9. The van der Waals surface area contributed by atoms with Crippen molar-refractivity contribution < 1.29 is 31.1 Å². The van der Waals surface area contributed by atoms with E-state index in [0.717, 1.165) is 12.1 Å². The number of aromatic nitrogens is 3. The Morgan fingerprint density at radius 1 is 1.17 bits per heavy atom. The average molecular weight is 637 g/mol. The van der Waals surface area contributed by atoms with Crippen molar-refractivity contribution in [2.45, 2.75) is 43.7 Å². The summed E-state index contributed by atoms with van der Waals surface area (Å²) < 4.78 is 87.1. The fourth-order valence-corrected chi connectivity index (χ4v) is 6.29. The van der Waals surface area contributed by atoms with Crippen molar-refractivity contribution in [1.29, 1.82) is 5.26 Å². The number of hydrogen-bond acceptors (Lipinski definition) is 5. The van der Waals surface area contributed by atoms with Crippen molar-refractivity contribution in [3.8, 4) is 17.2 Å². The quantitative estimate of drug-likeness (QED) is 0.182. The van der Waals surface area contributed by atoms with Crippen LogP contribution in [0.15, 0.2) is 55.1 Å². The molecule has 2 aromatic heterocycles. The summed E-state index contributed by atoms with van der Waals surface area (Å²) in [5, 5.41) is 19.0. The smallest absolute Gasteiger partial charge is 0.293 e. The van der Waals surface area contributed by atoms with Gasteiger partial charge >= 0.3 is 0 Å². The van der Waals surface area contributed by atoms with Crippen LogP contribution in [0.2, 0.25) is 0 Å². The molecule has 13 heteroatoms. The number of carbonyl (C=O) groups is 1. The van der Waals surface area contributed by atoms with Gasteiger partial charge in [-0.25, -0.2) is 22.5 Å². The average Bonchev–Trinajstić information content (AvgIpc) is 3.68. The van der Waals surface area contributed by atoms with Crippen molar-refractivity contribution in [2.75, 3.05) is 12.4 Å². The predicted molar refractivity (Wildman–Crippen MR) is 157 cm³/mol. The number of nitriles is 1. The molecule has 0 bridgehead atoms. The number of alkyl halides is 4. The van der Waals surface area contributed by atoms with Crippen molar-refractivity contribution in [1.82, 2.24) is 20.1 Å². The number of fused-ring (bicyclic) bond motifs is 3. The normalized spacial score (nSPS) is 18.0. The first-order valence-electron chi connectivity index (χ1n) is 14.3. The maximum Gasteiger partial charge on any atom is 0.293 e. The third-order valence-electron chi connectivity index (χ3n) is 8.33. The number of pyridine rings is 1. The Morgan fingerprint density at radius 3 is 2.57 bits per heavy atom. The van der Waals surface area contributed by atoms with Crippen LogP contribution in [0.25, 0.3) is 17.2 Å². The van der Waals surface area contributed by atoms with Crippen molar-refractivity contribution in [2.24, 2.45) is 5.92 Å². The molecular formula is C33H26F6N6O. The summed E-state index contributed by atoms with van der Waals surface area (Å²) in [4.78, 5) is 18.3. The minimum absolute atomic E-state index is 0.0690. The Labute approximate surface area is 259 Å². The maximum atomic E-state index is 15.2. The molecule has 1 saturated carbocycles. The molecule has 0 aliphatic heterocycles. The summed E-state index contributed by atoms with van der Waals surface area (Å²) in [7, 11) is 1.66. The van der Waals surface area contributed by atoms with Crippen LogP contribution in [0, 0.1) is 28.9 Å². The van der Waals surface area contributed by atoms with Crippen LogP contribution in [0.5, 0.6) is 0 Å². The van der Waals surface area contributed by atoms with E-state index in [4.69, 9.17) is 4.98 Å². The first-order valence-corrected chi connectivity index (χ1v) is 14.3. The van der Waals surface area contributed by atoms with Gasteiger partial charge in [0.2, 0.25) is 5.91 Å². The van der Waals surface area contributed by atoms with Gasteiger partial charge in [-0.2, -0.15) is 19.1 Å². The van der Waals surface area contributed by atoms with Crippen molar-refractivity contribution >= 4 is 17.7 Å². The van der Waals surface area contributed by atoms with Crippen molar-refractivity contribution in [3.63, 3.8) is 0 Å². The molecule has 2 aliphatic rings. The highest BCUT2D eigenvalue weighted by Gasteiger charge is 2.67. The second kappa shape index (κ2) is 11.7. The van der Waals surface area contributed by atoms with E-state index in [2.05, 4.69) is 28.4 Å². The highest BCUT2D eigenvalue weighted by atomic mass is 19.3. The number of nitrogens with zero attached hydrogens (tertiary/aromatic N) is 4. The minimum atomic E-state index is -3.43. The lowest BCUT2D eigenvalue weighted by Crippen LogP contribution is -2.35. The van der Waals surface area contributed by atoms with E-state index in [1.165, 1.54) is 6.08 Å². The molecule has 7 nitrogen and oxygen atoms in total. The molecule has 2 N–H and O–H groups in total. The highest BCUT2D eigenvalue weighted by Crippen LogP contribution is 2.68. The number of amides is 1. The summed E-state index contributed by atoms with van der Waals surface area (Å²) in [6, 6.07) is 12.1. The molecule has 6 rings (SSSR count). The predicted octanol–water partition coefficient (Wildman–Crippen LogP) is 7.03. The number of carbonyl (C=O) groups excluding carboxylic acids is 1. The Hall–Kier alpha value is -5.12. The van der Waals surface area contributed by atoms with Gasteiger partial charge in [-0.1, -0.05) is 18.7 Å². The van der Waals surface area contributed by atoms with Gasteiger partial charge in [0.05, 0.1) is 34.7 Å². The van der Waals surface area contributed by atoms with Crippen LogP contribution in [0.1, 0.15) is 64.3 Å². The standard InChI is InChI=1S/C33H26F6N6O/c1-3-24-25(41-2)13-21(18-6-4-5-16(7-18)14-40)29(43-24)26(10-17-8-19(34)11-20(35)9-17)42-27(46)15-45-31-28(30(44-45)32(36)37)22-12-23(22)33(31,38)39/h3-9,11,13,22-23,26,32,41H,1,10,12,15H2,2H3,(H,42,46). The van der Waals surface area contributed by atoms with Crippen LogP contribution in [-0.2, 0) is 23.7 Å². The van der Waals surface area contributed by atoms with Crippen LogP contribution in [0.4, 0.5) is 32.0 Å². The number of rotatable bonds is 10.